The van der Waals surface area contributed by atoms with Gasteiger partial charge in [-0.15, -0.1) is 0 Å². The Morgan fingerprint density at radius 3 is 2.24 bits per heavy atom. The van der Waals surface area contributed by atoms with Gasteiger partial charge in [0.05, 0.1) is 44.1 Å². The predicted molar refractivity (Wildman–Crippen MR) is 142 cm³/mol. The number of hydrogen-bond acceptors (Lipinski definition) is 7. The Labute approximate surface area is 222 Å². The molecule has 38 heavy (non-hydrogen) atoms. The molecule has 0 spiro atoms. The second-order valence-electron chi connectivity index (χ2n) is 9.05. The third-order valence-corrected chi connectivity index (χ3v) is 6.64. The van der Waals surface area contributed by atoms with E-state index in [9.17, 15) is 9.59 Å². The van der Waals surface area contributed by atoms with E-state index in [1.807, 2.05) is 41.3 Å². The van der Waals surface area contributed by atoms with E-state index in [-0.39, 0.29) is 12.0 Å². The summed E-state index contributed by atoms with van der Waals surface area (Å²) in [7, 11) is 2.97. The summed E-state index contributed by atoms with van der Waals surface area (Å²) in [6, 6.07) is 24.0. The zero-order chi connectivity index (χ0) is 26.9. The largest absolute Gasteiger partial charge is 0.497 e. The summed E-state index contributed by atoms with van der Waals surface area (Å²) in [6.07, 6.45) is -0.200. The summed E-state index contributed by atoms with van der Waals surface area (Å²) >= 11 is 0. The molecule has 0 radical (unpaired) electrons. The monoisotopic (exact) mass is 513 g/mol. The molecule has 196 valence electrons. The zero-order valence-electron chi connectivity index (χ0n) is 21.6. The number of carbonyl (C=O) groups excluding carboxylic acids is 2. The first-order valence-corrected chi connectivity index (χ1v) is 12.5. The number of piperazine rings is 1. The van der Waals surface area contributed by atoms with Crippen LogP contribution in [0.1, 0.15) is 43.5 Å². The van der Waals surface area contributed by atoms with Crippen LogP contribution in [0.15, 0.2) is 72.8 Å². The fourth-order valence-corrected chi connectivity index (χ4v) is 4.39. The zero-order valence-corrected chi connectivity index (χ0v) is 21.6. The Balaban J connectivity index is 1.38. The molecule has 1 fully saturated rings. The lowest BCUT2D eigenvalue weighted by atomic mass is 10.1. The van der Waals surface area contributed by atoms with Crippen LogP contribution in [0.5, 0.6) is 5.75 Å². The molecule has 1 heterocycles. The second-order valence-corrected chi connectivity index (χ2v) is 9.05. The molecule has 4 rings (SSSR count). The maximum Gasteiger partial charge on any atom is 0.337 e. The normalized spacial score (nSPS) is 14.4. The Hall–Kier alpha value is -4.19. The van der Waals surface area contributed by atoms with E-state index in [1.54, 1.807) is 43.5 Å². The van der Waals surface area contributed by atoms with Crippen LogP contribution in [0.2, 0.25) is 0 Å². The standard InChI is InChI=1S/C30H31N3O5/c1-36-27-5-3-4-26(18-27)28(38-21-23-8-6-22(19-31)7-9-23)20-32-14-16-33(17-15-32)29(34)24-10-12-25(13-11-24)30(35)37-2/h3-13,18,28H,14-17,20-21H2,1-2H3/t28-/m1/s1. The quantitative estimate of drug-likeness (QED) is 0.398. The van der Waals surface area contributed by atoms with E-state index in [0.717, 1.165) is 16.9 Å². The van der Waals surface area contributed by atoms with Crippen LogP contribution in [0.4, 0.5) is 0 Å². The predicted octanol–water partition coefficient (Wildman–Crippen LogP) is 4.07. The van der Waals surface area contributed by atoms with Crippen LogP contribution in [-0.2, 0) is 16.1 Å². The first kappa shape index (κ1) is 26.9. The minimum absolute atomic E-state index is 0.0533. The maximum absolute atomic E-state index is 13.0. The first-order chi connectivity index (χ1) is 18.5. The lowest BCUT2D eigenvalue weighted by Gasteiger charge is -2.36. The van der Waals surface area contributed by atoms with Crippen molar-refractivity contribution in [2.45, 2.75) is 12.7 Å². The molecule has 0 aliphatic carbocycles. The fourth-order valence-electron chi connectivity index (χ4n) is 4.39. The van der Waals surface area contributed by atoms with Gasteiger partial charge in [0.1, 0.15) is 5.75 Å². The molecule has 1 aliphatic heterocycles. The highest BCUT2D eigenvalue weighted by molar-refractivity contribution is 5.96. The van der Waals surface area contributed by atoms with Crippen molar-refractivity contribution in [1.29, 1.82) is 5.26 Å². The summed E-state index contributed by atoms with van der Waals surface area (Å²) in [5.74, 6) is 0.287. The van der Waals surface area contributed by atoms with Gasteiger partial charge in [-0.05, 0) is 59.7 Å². The Kier molecular flexibility index (Phi) is 9.09. The number of carbonyl (C=O) groups is 2. The average Bonchev–Trinajstić information content (AvgIpc) is 2.99. The Morgan fingerprint density at radius 1 is 0.921 bits per heavy atom. The molecule has 0 aromatic heterocycles. The number of methoxy groups -OCH3 is 2. The van der Waals surface area contributed by atoms with Crippen molar-refractivity contribution >= 4 is 11.9 Å². The summed E-state index contributed by atoms with van der Waals surface area (Å²) in [6.45, 7) is 3.70. The average molecular weight is 514 g/mol. The molecule has 3 aromatic rings. The van der Waals surface area contributed by atoms with Crippen molar-refractivity contribution in [2.24, 2.45) is 0 Å². The minimum atomic E-state index is -0.426. The van der Waals surface area contributed by atoms with Crippen LogP contribution in [-0.4, -0.2) is 68.6 Å². The molecule has 8 heteroatoms. The molecule has 0 saturated carbocycles. The SMILES string of the molecule is COC(=O)c1ccc(C(=O)N2CCN(C[C@@H](OCc3ccc(C#N)cc3)c3cccc(OC)c3)CC2)cc1. The molecule has 8 nitrogen and oxygen atoms in total. The molecule has 1 atom stereocenters. The number of nitriles is 1. The van der Waals surface area contributed by atoms with E-state index < -0.39 is 5.97 Å². The van der Waals surface area contributed by atoms with Gasteiger partial charge in [-0.1, -0.05) is 24.3 Å². The van der Waals surface area contributed by atoms with E-state index >= 15 is 0 Å². The molecule has 0 bridgehead atoms. The van der Waals surface area contributed by atoms with Gasteiger partial charge in [0.2, 0.25) is 0 Å². The van der Waals surface area contributed by atoms with Crippen LogP contribution in [0.3, 0.4) is 0 Å². The van der Waals surface area contributed by atoms with Crippen molar-refractivity contribution < 1.29 is 23.8 Å². The van der Waals surface area contributed by atoms with Gasteiger partial charge in [0.15, 0.2) is 0 Å². The highest BCUT2D eigenvalue weighted by Crippen LogP contribution is 2.25. The van der Waals surface area contributed by atoms with E-state index in [2.05, 4.69) is 11.0 Å². The Bertz CT molecular complexity index is 1280. The van der Waals surface area contributed by atoms with Crippen molar-refractivity contribution in [3.8, 4) is 11.8 Å². The number of nitrogens with zero attached hydrogens (tertiary/aromatic N) is 3. The molecule has 1 aliphatic rings. The lowest BCUT2D eigenvalue weighted by molar-refractivity contribution is 0.00333. The lowest BCUT2D eigenvalue weighted by Crippen LogP contribution is -2.49. The fraction of sp³-hybridized carbons (Fsp3) is 0.300. The van der Waals surface area contributed by atoms with Crippen LogP contribution in [0.25, 0.3) is 0 Å². The summed E-state index contributed by atoms with van der Waals surface area (Å²) in [5.41, 5.74) is 3.59. The van der Waals surface area contributed by atoms with Crippen LogP contribution < -0.4 is 4.74 Å². The van der Waals surface area contributed by atoms with E-state index in [4.69, 9.17) is 19.5 Å². The van der Waals surface area contributed by atoms with Gasteiger partial charge in [0.25, 0.3) is 5.91 Å². The van der Waals surface area contributed by atoms with Gasteiger partial charge >= 0.3 is 5.97 Å². The third kappa shape index (κ3) is 6.76. The van der Waals surface area contributed by atoms with Gasteiger partial charge in [0, 0.05) is 38.3 Å². The van der Waals surface area contributed by atoms with Gasteiger partial charge in [-0.25, -0.2) is 4.79 Å². The van der Waals surface area contributed by atoms with Gasteiger partial charge < -0.3 is 19.1 Å². The maximum atomic E-state index is 13.0. The van der Waals surface area contributed by atoms with Crippen molar-refractivity contribution in [3.63, 3.8) is 0 Å². The van der Waals surface area contributed by atoms with Gasteiger partial charge in [-0.2, -0.15) is 5.26 Å². The summed E-state index contributed by atoms with van der Waals surface area (Å²) in [5, 5.41) is 9.04. The first-order valence-electron chi connectivity index (χ1n) is 12.5. The summed E-state index contributed by atoms with van der Waals surface area (Å²) < 4.78 is 16.5. The molecular weight excluding hydrogens is 482 g/mol. The smallest absolute Gasteiger partial charge is 0.337 e. The van der Waals surface area contributed by atoms with Gasteiger partial charge in [-0.3, -0.25) is 9.69 Å². The number of amides is 1. The molecule has 1 saturated heterocycles. The van der Waals surface area contributed by atoms with Crippen molar-refractivity contribution in [3.05, 3.63) is 101 Å². The molecule has 0 N–H and O–H groups in total. The molecule has 1 amide bonds. The number of esters is 1. The molecule has 3 aromatic carbocycles. The van der Waals surface area contributed by atoms with E-state index in [0.29, 0.717) is 56.0 Å². The third-order valence-electron chi connectivity index (χ3n) is 6.64. The topological polar surface area (TPSA) is 92.1 Å². The van der Waals surface area contributed by atoms with Crippen molar-refractivity contribution in [1.82, 2.24) is 9.80 Å². The highest BCUT2D eigenvalue weighted by atomic mass is 16.5. The summed E-state index contributed by atoms with van der Waals surface area (Å²) in [4.78, 5) is 28.8. The second kappa shape index (κ2) is 12.9. The highest BCUT2D eigenvalue weighted by Gasteiger charge is 2.25. The minimum Gasteiger partial charge on any atom is -0.497 e. The number of rotatable bonds is 9. The number of ether oxygens (including phenoxy) is 3. The van der Waals surface area contributed by atoms with Crippen LogP contribution in [0, 0.1) is 11.3 Å². The number of benzene rings is 3. The van der Waals surface area contributed by atoms with Crippen molar-refractivity contribution in [2.75, 3.05) is 46.9 Å². The Morgan fingerprint density at radius 2 is 1.61 bits per heavy atom. The molecule has 0 unspecified atom stereocenters. The molecular formula is C30H31N3O5. The van der Waals surface area contributed by atoms with E-state index in [1.165, 1.54) is 7.11 Å². The van der Waals surface area contributed by atoms with Crippen LogP contribution >= 0.6 is 0 Å². The number of hydrogen-bond donors (Lipinski definition) is 0.